The van der Waals surface area contributed by atoms with E-state index in [1.165, 1.54) is 11.4 Å². The number of nitrogens with one attached hydrogen (secondary N) is 1. The van der Waals surface area contributed by atoms with E-state index >= 15 is 0 Å². The lowest BCUT2D eigenvalue weighted by molar-refractivity contribution is 0.0512. The van der Waals surface area contributed by atoms with Gasteiger partial charge in [-0.25, -0.2) is 4.98 Å². The minimum absolute atomic E-state index is 0.525. The molecule has 0 radical (unpaired) electrons. The monoisotopic (exact) mass is 250 g/mol. The first-order chi connectivity index (χ1) is 8.72. The summed E-state index contributed by atoms with van der Waals surface area (Å²) in [7, 11) is 2.22. The van der Waals surface area contributed by atoms with Crippen LogP contribution >= 0.6 is 0 Å². The summed E-state index contributed by atoms with van der Waals surface area (Å²) in [4.78, 5) is 12.6. The van der Waals surface area contributed by atoms with Crippen molar-refractivity contribution in [2.45, 2.75) is 19.5 Å². The van der Waals surface area contributed by atoms with Crippen LogP contribution in [-0.4, -0.2) is 65.7 Å². The Kier molecular flexibility index (Phi) is 3.37. The zero-order chi connectivity index (χ0) is 12.5. The average molecular weight is 250 g/mol. The van der Waals surface area contributed by atoms with Crippen molar-refractivity contribution in [1.29, 1.82) is 0 Å². The number of aryl methyl sites for hydroxylation is 1. The number of likely N-dealkylation sites (N-methyl/N-ethyl adjacent to an activating group) is 1. The molecule has 0 aromatic carbocycles. The second-order valence-corrected chi connectivity index (χ2v) is 5.67. The molecule has 3 heterocycles. The molecule has 2 aliphatic heterocycles. The molecule has 1 N–H and O–H groups in total. The summed E-state index contributed by atoms with van der Waals surface area (Å²) >= 11 is 0. The summed E-state index contributed by atoms with van der Waals surface area (Å²) < 4.78 is 5.75. The van der Waals surface area contributed by atoms with E-state index in [-0.39, 0.29) is 0 Å². The summed E-state index contributed by atoms with van der Waals surface area (Å²) in [5.74, 6) is 0.627. The third kappa shape index (κ3) is 2.43. The van der Waals surface area contributed by atoms with E-state index in [1.807, 2.05) is 0 Å². The quantitative estimate of drug-likeness (QED) is 0.829. The van der Waals surface area contributed by atoms with Crippen LogP contribution in [0.4, 0.5) is 0 Å². The summed E-state index contributed by atoms with van der Waals surface area (Å²) in [6, 6.07) is 0.525. The number of H-pyrrole nitrogens is 1. The van der Waals surface area contributed by atoms with Crippen molar-refractivity contribution in [2.24, 2.45) is 5.92 Å². The zero-order valence-electron chi connectivity index (χ0n) is 11.2. The minimum atomic E-state index is 0.525. The van der Waals surface area contributed by atoms with Crippen LogP contribution in [0, 0.1) is 12.8 Å². The van der Waals surface area contributed by atoms with Crippen molar-refractivity contribution in [2.75, 3.05) is 39.9 Å². The van der Waals surface area contributed by atoms with Gasteiger partial charge >= 0.3 is 0 Å². The highest BCUT2D eigenvalue weighted by Crippen LogP contribution is 2.19. The molecule has 2 aliphatic rings. The molecule has 1 aromatic rings. The van der Waals surface area contributed by atoms with Crippen molar-refractivity contribution in [3.8, 4) is 0 Å². The lowest BCUT2D eigenvalue weighted by Gasteiger charge is -2.29. The van der Waals surface area contributed by atoms with Crippen molar-refractivity contribution in [3.05, 3.63) is 17.7 Å². The van der Waals surface area contributed by atoms with E-state index in [9.17, 15) is 0 Å². The van der Waals surface area contributed by atoms with Crippen molar-refractivity contribution < 1.29 is 4.74 Å². The van der Waals surface area contributed by atoms with Crippen molar-refractivity contribution in [3.63, 3.8) is 0 Å². The molecule has 5 nitrogen and oxygen atoms in total. The smallest absolute Gasteiger partial charge is 0.0925 e. The van der Waals surface area contributed by atoms with Crippen LogP contribution in [0.2, 0.25) is 0 Å². The maximum absolute atomic E-state index is 5.75. The van der Waals surface area contributed by atoms with Gasteiger partial charge in [0.1, 0.15) is 0 Å². The maximum Gasteiger partial charge on any atom is 0.0925 e. The van der Waals surface area contributed by atoms with Gasteiger partial charge in [0, 0.05) is 43.8 Å². The maximum atomic E-state index is 5.75. The zero-order valence-corrected chi connectivity index (χ0v) is 11.2. The van der Waals surface area contributed by atoms with E-state index in [0.29, 0.717) is 12.0 Å². The molecule has 5 heteroatoms. The fourth-order valence-electron chi connectivity index (χ4n) is 3.03. The standard InChI is InChI=1S/C13H22N4O/c1-10-13(15-9-14-10)6-17-4-11-3-16(2)12(5-17)8-18-7-11/h9,11-12H,3-8H2,1-2H3,(H,14,15)/t11-,12+/m1/s1. The van der Waals surface area contributed by atoms with Gasteiger partial charge in [-0.15, -0.1) is 0 Å². The van der Waals surface area contributed by atoms with E-state index in [1.54, 1.807) is 6.33 Å². The lowest BCUT2D eigenvalue weighted by atomic mass is 10.1. The van der Waals surface area contributed by atoms with Gasteiger partial charge in [0.15, 0.2) is 0 Å². The van der Waals surface area contributed by atoms with E-state index in [0.717, 1.165) is 39.4 Å². The van der Waals surface area contributed by atoms with Crippen LogP contribution in [0.5, 0.6) is 0 Å². The molecule has 3 rings (SSSR count). The molecule has 2 saturated heterocycles. The molecule has 0 aliphatic carbocycles. The average Bonchev–Trinajstić information content (AvgIpc) is 2.53. The van der Waals surface area contributed by atoms with Gasteiger partial charge in [0.05, 0.1) is 25.2 Å². The fourth-order valence-corrected chi connectivity index (χ4v) is 3.03. The van der Waals surface area contributed by atoms with Crippen LogP contribution in [-0.2, 0) is 11.3 Å². The Hall–Kier alpha value is -0.910. The normalized spacial score (nSPS) is 30.3. The summed E-state index contributed by atoms with van der Waals surface area (Å²) in [5.41, 5.74) is 2.37. The molecule has 1 aromatic heterocycles. The Morgan fingerprint density at radius 3 is 3.06 bits per heavy atom. The molecule has 0 saturated carbocycles. The number of aromatic nitrogens is 2. The van der Waals surface area contributed by atoms with Gasteiger partial charge in [-0.3, -0.25) is 9.80 Å². The van der Waals surface area contributed by atoms with Gasteiger partial charge in [-0.05, 0) is 14.0 Å². The van der Waals surface area contributed by atoms with Crippen molar-refractivity contribution in [1.82, 2.24) is 19.8 Å². The fraction of sp³-hybridized carbons (Fsp3) is 0.769. The number of hydrogen-bond donors (Lipinski definition) is 1. The molecular formula is C13H22N4O. The largest absolute Gasteiger partial charge is 0.379 e. The van der Waals surface area contributed by atoms with E-state index in [4.69, 9.17) is 4.74 Å². The van der Waals surface area contributed by atoms with Gasteiger partial charge in [0.25, 0.3) is 0 Å². The molecule has 18 heavy (non-hydrogen) atoms. The number of imidazole rings is 1. The van der Waals surface area contributed by atoms with E-state index in [2.05, 4.69) is 33.7 Å². The second-order valence-electron chi connectivity index (χ2n) is 5.67. The topological polar surface area (TPSA) is 44.4 Å². The van der Waals surface area contributed by atoms with Gasteiger partial charge < -0.3 is 9.72 Å². The van der Waals surface area contributed by atoms with Crippen LogP contribution < -0.4 is 0 Å². The van der Waals surface area contributed by atoms with Gasteiger partial charge in [-0.1, -0.05) is 0 Å². The van der Waals surface area contributed by atoms with Crippen molar-refractivity contribution >= 4 is 0 Å². The summed E-state index contributed by atoms with van der Waals surface area (Å²) in [5, 5.41) is 0. The molecule has 0 unspecified atom stereocenters. The van der Waals surface area contributed by atoms with Gasteiger partial charge in [0.2, 0.25) is 0 Å². The third-order valence-electron chi connectivity index (χ3n) is 4.13. The first kappa shape index (κ1) is 12.1. The van der Waals surface area contributed by atoms with E-state index < -0.39 is 0 Å². The number of fused-ring (bicyclic) bond motifs is 3. The highest BCUT2D eigenvalue weighted by molar-refractivity contribution is 5.08. The summed E-state index contributed by atoms with van der Waals surface area (Å²) in [6.45, 7) is 8.17. The molecule has 2 fully saturated rings. The predicted octanol–water partition coefficient (Wildman–Crippen LogP) is 0.481. The minimum Gasteiger partial charge on any atom is -0.379 e. The highest BCUT2D eigenvalue weighted by atomic mass is 16.5. The molecule has 2 bridgehead atoms. The molecule has 0 amide bonds. The molecular weight excluding hydrogens is 228 g/mol. The summed E-state index contributed by atoms with van der Waals surface area (Å²) in [6.07, 6.45) is 1.79. The van der Waals surface area contributed by atoms with Crippen LogP contribution in [0.25, 0.3) is 0 Å². The predicted molar refractivity (Wildman–Crippen MR) is 69.3 cm³/mol. The SMILES string of the molecule is Cc1[nH]cnc1CN1C[C@@H]2COC[C@H](C1)N(C)C2. The number of ether oxygens (including phenoxy) is 1. The third-order valence-corrected chi connectivity index (χ3v) is 4.13. The molecule has 2 atom stereocenters. The Morgan fingerprint density at radius 1 is 1.39 bits per heavy atom. The Balaban J connectivity index is 1.72. The first-order valence-electron chi connectivity index (χ1n) is 6.71. The van der Waals surface area contributed by atoms with Gasteiger partial charge in [-0.2, -0.15) is 0 Å². The van der Waals surface area contributed by atoms with Crippen LogP contribution in [0.1, 0.15) is 11.4 Å². The number of nitrogens with zero attached hydrogens (tertiary/aromatic N) is 3. The Labute approximate surface area is 108 Å². The number of aromatic amines is 1. The molecule has 100 valence electrons. The second kappa shape index (κ2) is 4.99. The molecule has 0 spiro atoms. The number of rotatable bonds is 2. The Bertz CT molecular complexity index is 405. The lowest BCUT2D eigenvalue weighted by Crippen LogP contribution is -2.42. The van der Waals surface area contributed by atoms with Crippen LogP contribution in [0.3, 0.4) is 0 Å². The first-order valence-corrected chi connectivity index (χ1v) is 6.71. The Morgan fingerprint density at radius 2 is 2.28 bits per heavy atom. The van der Waals surface area contributed by atoms with Crippen LogP contribution in [0.15, 0.2) is 6.33 Å². The highest BCUT2D eigenvalue weighted by Gasteiger charge is 2.31. The number of hydrogen-bond acceptors (Lipinski definition) is 4.